The number of carboxylic acid groups (broad SMARTS) is 1. The number of carboxylic acids is 1. The predicted molar refractivity (Wildman–Crippen MR) is 118 cm³/mol. The fraction of sp³-hybridized carbons (Fsp3) is 0.591. The van der Waals surface area contributed by atoms with Crippen LogP contribution in [0.3, 0.4) is 0 Å². The summed E-state index contributed by atoms with van der Waals surface area (Å²) in [4.78, 5) is 26.3. The fourth-order valence-corrected chi connectivity index (χ4v) is 3.33. The van der Waals surface area contributed by atoms with Gasteiger partial charge in [-0.25, -0.2) is 9.78 Å². The molecule has 2 atom stereocenters. The van der Waals surface area contributed by atoms with Gasteiger partial charge in [-0.1, -0.05) is 18.7 Å². The first-order valence-corrected chi connectivity index (χ1v) is 11.2. The lowest BCUT2D eigenvalue weighted by molar-refractivity contribution is -0.146. The lowest BCUT2D eigenvalue weighted by Gasteiger charge is -2.28. The summed E-state index contributed by atoms with van der Waals surface area (Å²) in [6, 6.07) is 2.51. The Kier molecular flexibility index (Phi) is 10.3. The maximum absolute atomic E-state index is 13.6. The highest BCUT2D eigenvalue weighted by molar-refractivity contribution is 5.70. The Labute approximate surface area is 201 Å². The van der Waals surface area contributed by atoms with Crippen molar-refractivity contribution in [2.75, 3.05) is 20.2 Å². The van der Waals surface area contributed by atoms with Gasteiger partial charge in [-0.3, -0.25) is 9.80 Å². The minimum atomic E-state index is -4.77. The number of carbonyl (C=O) groups is 2. The summed E-state index contributed by atoms with van der Waals surface area (Å²) in [7, 11) is 1.52. The van der Waals surface area contributed by atoms with Crippen LogP contribution in [0.4, 0.5) is 18.0 Å². The number of nitrogens with zero attached hydrogens (tertiary/aromatic N) is 4. The summed E-state index contributed by atoms with van der Waals surface area (Å²) in [6.45, 7) is 5.70. The average molecular weight is 502 g/mol. The molecular weight excluding hydrogens is 471 g/mol. The summed E-state index contributed by atoms with van der Waals surface area (Å²) in [5.41, 5.74) is -0.807. The third-order valence-corrected chi connectivity index (χ3v) is 5.22. The largest absolute Gasteiger partial charge is 0.488 e. The molecule has 1 amide bonds. The number of rotatable bonds is 11. The summed E-state index contributed by atoms with van der Waals surface area (Å²) in [6.07, 6.45) is -3.67. The van der Waals surface area contributed by atoms with E-state index in [-0.39, 0.29) is 31.8 Å². The highest BCUT2D eigenvalue weighted by atomic mass is 19.4. The van der Waals surface area contributed by atoms with Gasteiger partial charge in [0.05, 0.1) is 36.6 Å². The van der Waals surface area contributed by atoms with Crippen molar-refractivity contribution in [2.24, 2.45) is 16.3 Å². The molecule has 0 unspecified atom stereocenters. The van der Waals surface area contributed by atoms with Crippen molar-refractivity contribution in [1.29, 1.82) is 0 Å². The molecule has 1 fully saturated rings. The van der Waals surface area contributed by atoms with Crippen LogP contribution in [-0.4, -0.2) is 53.5 Å². The lowest BCUT2D eigenvalue weighted by atomic mass is 9.87. The second-order valence-corrected chi connectivity index (χ2v) is 8.06. The standard InChI is InChI=1S/C22H30F3N5O5/c1-4-10-34-21(33)26-12-14(2)30(3)29-27-13-16-8-9-18(19(28-16)22(23,24)25)35-17-7-5-6-15(11-17)20(31)32/h8-9,15,17H,2,4-7,10-13H2,1,3H3,(H,26,33)(H,31,32)/t15-,17-/m0/s1. The van der Waals surface area contributed by atoms with Crippen LogP contribution in [0.2, 0.25) is 0 Å². The normalized spacial score (nSPS) is 18.2. The molecule has 0 spiro atoms. The van der Waals surface area contributed by atoms with Gasteiger partial charge in [0.15, 0.2) is 11.4 Å². The Morgan fingerprint density at radius 1 is 1.34 bits per heavy atom. The van der Waals surface area contributed by atoms with Crippen molar-refractivity contribution in [3.05, 3.63) is 35.8 Å². The van der Waals surface area contributed by atoms with E-state index in [1.807, 2.05) is 6.92 Å². The molecule has 0 radical (unpaired) electrons. The Morgan fingerprint density at radius 2 is 2.09 bits per heavy atom. The van der Waals surface area contributed by atoms with Crippen molar-refractivity contribution >= 4 is 12.1 Å². The molecule has 1 aliphatic rings. The smallest absolute Gasteiger partial charge is 0.437 e. The molecule has 1 aromatic heterocycles. The second kappa shape index (κ2) is 12.9. The maximum Gasteiger partial charge on any atom is 0.437 e. The minimum absolute atomic E-state index is 0.0146. The monoisotopic (exact) mass is 501 g/mol. The number of pyridine rings is 1. The summed E-state index contributed by atoms with van der Waals surface area (Å²) >= 11 is 0. The first-order chi connectivity index (χ1) is 16.5. The van der Waals surface area contributed by atoms with Gasteiger partial charge in [-0.2, -0.15) is 18.3 Å². The average Bonchev–Trinajstić information content (AvgIpc) is 2.81. The van der Waals surface area contributed by atoms with Gasteiger partial charge in [0.25, 0.3) is 0 Å². The van der Waals surface area contributed by atoms with E-state index in [9.17, 15) is 27.9 Å². The second-order valence-electron chi connectivity index (χ2n) is 8.06. The summed E-state index contributed by atoms with van der Waals surface area (Å²) < 4.78 is 51.2. The van der Waals surface area contributed by atoms with Gasteiger partial charge < -0.3 is 19.9 Å². The summed E-state index contributed by atoms with van der Waals surface area (Å²) in [5, 5.41) is 20.6. The highest BCUT2D eigenvalue weighted by Gasteiger charge is 2.38. The Morgan fingerprint density at radius 3 is 2.74 bits per heavy atom. The number of ether oxygens (including phenoxy) is 2. The molecule has 0 aromatic carbocycles. The van der Waals surface area contributed by atoms with Gasteiger partial charge in [0.2, 0.25) is 0 Å². The molecule has 35 heavy (non-hydrogen) atoms. The van der Waals surface area contributed by atoms with Crippen molar-refractivity contribution in [3.8, 4) is 5.75 Å². The molecule has 1 aromatic rings. The first kappa shape index (κ1) is 27.9. The number of carbonyl (C=O) groups excluding carboxylic acids is 1. The van der Waals surface area contributed by atoms with E-state index in [1.54, 1.807) is 0 Å². The number of hydrogen-bond acceptors (Lipinski definition) is 7. The fourth-order valence-electron chi connectivity index (χ4n) is 3.33. The van der Waals surface area contributed by atoms with E-state index in [1.165, 1.54) is 24.2 Å². The van der Waals surface area contributed by atoms with Crippen LogP contribution in [0.1, 0.15) is 50.4 Å². The van der Waals surface area contributed by atoms with Gasteiger partial charge in [-0.15, -0.1) is 0 Å². The van der Waals surface area contributed by atoms with Crippen molar-refractivity contribution in [3.63, 3.8) is 0 Å². The molecule has 0 bridgehead atoms. The van der Waals surface area contributed by atoms with Gasteiger partial charge in [0.1, 0.15) is 6.54 Å². The number of amides is 1. The predicted octanol–water partition coefficient (Wildman–Crippen LogP) is 4.57. The van der Waals surface area contributed by atoms with Crippen molar-refractivity contribution in [2.45, 2.75) is 57.9 Å². The van der Waals surface area contributed by atoms with Crippen molar-refractivity contribution in [1.82, 2.24) is 15.3 Å². The molecule has 1 heterocycles. The Balaban J connectivity index is 1.99. The summed E-state index contributed by atoms with van der Waals surface area (Å²) in [5.74, 6) is -2.06. The zero-order chi connectivity index (χ0) is 26.0. The van der Waals surface area contributed by atoms with Crippen LogP contribution in [0, 0.1) is 5.92 Å². The number of aliphatic carboxylic acids is 1. The Bertz CT molecular complexity index is 925. The highest BCUT2D eigenvalue weighted by Crippen LogP contribution is 2.37. The van der Waals surface area contributed by atoms with Crippen LogP contribution in [0.15, 0.2) is 34.7 Å². The molecular formula is C22H30F3N5O5. The number of hydrogen-bond donors (Lipinski definition) is 2. The van der Waals surface area contributed by atoms with E-state index < -0.39 is 41.7 Å². The first-order valence-electron chi connectivity index (χ1n) is 11.2. The zero-order valence-corrected chi connectivity index (χ0v) is 19.7. The van der Waals surface area contributed by atoms with E-state index in [2.05, 4.69) is 27.2 Å². The van der Waals surface area contributed by atoms with Crippen LogP contribution < -0.4 is 10.1 Å². The number of halogens is 3. The van der Waals surface area contributed by atoms with E-state index >= 15 is 0 Å². The molecule has 1 saturated carbocycles. The van der Waals surface area contributed by atoms with Crippen LogP contribution in [0.25, 0.3) is 0 Å². The van der Waals surface area contributed by atoms with Gasteiger partial charge in [0, 0.05) is 7.05 Å². The molecule has 194 valence electrons. The molecule has 2 N–H and O–H groups in total. The SMILES string of the molecule is C=C(CNC(=O)OCCC)N(C)N=NCc1ccc(O[C@H]2CCC[C@H](C(=O)O)C2)c(C(F)(F)F)n1. The van der Waals surface area contributed by atoms with Crippen LogP contribution in [0.5, 0.6) is 5.75 Å². The van der Waals surface area contributed by atoms with Crippen molar-refractivity contribution < 1.29 is 37.3 Å². The molecule has 2 rings (SSSR count). The number of aromatic nitrogens is 1. The number of alkyl halides is 3. The molecule has 1 aliphatic carbocycles. The molecule has 10 nitrogen and oxygen atoms in total. The van der Waals surface area contributed by atoms with E-state index in [0.29, 0.717) is 31.4 Å². The van der Waals surface area contributed by atoms with Gasteiger partial charge >= 0.3 is 18.2 Å². The third kappa shape index (κ3) is 9.06. The van der Waals surface area contributed by atoms with E-state index in [4.69, 9.17) is 9.47 Å². The number of likely N-dealkylation sites (N-methyl/N-ethyl adjacent to an activating group) is 1. The zero-order valence-electron chi connectivity index (χ0n) is 19.7. The Hall–Kier alpha value is -3.38. The third-order valence-electron chi connectivity index (χ3n) is 5.22. The lowest BCUT2D eigenvalue weighted by Crippen LogP contribution is -2.30. The van der Waals surface area contributed by atoms with Crippen LogP contribution in [-0.2, 0) is 22.3 Å². The molecule has 0 saturated heterocycles. The minimum Gasteiger partial charge on any atom is -0.488 e. The maximum atomic E-state index is 13.6. The quantitative estimate of drug-likeness (QED) is 0.336. The molecule has 13 heteroatoms. The van der Waals surface area contributed by atoms with Gasteiger partial charge in [-0.05, 0) is 44.2 Å². The van der Waals surface area contributed by atoms with E-state index in [0.717, 1.165) is 0 Å². The number of nitrogens with one attached hydrogen (secondary N) is 1. The van der Waals surface area contributed by atoms with Crippen LogP contribution >= 0.6 is 0 Å². The topological polar surface area (TPSA) is 126 Å². The molecule has 0 aliphatic heterocycles. The number of alkyl carbamates (subject to hydrolysis) is 1.